The van der Waals surface area contributed by atoms with Gasteiger partial charge in [0, 0.05) is 0 Å². The molecule has 0 amide bonds. The third kappa shape index (κ3) is 4.37. The molecule has 19 heavy (non-hydrogen) atoms. The van der Waals surface area contributed by atoms with Crippen LogP contribution in [0.4, 0.5) is 0 Å². The van der Waals surface area contributed by atoms with Crippen LogP contribution < -0.4 is 0 Å². The van der Waals surface area contributed by atoms with Crippen molar-refractivity contribution in [3.05, 3.63) is 12.2 Å². The Labute approximate surface area is 115 Å². The Morgan fingerprint density at radius 2 is 1.79 bits per heavy atom. The van der Waals surface area contributed by atoms with Crippen LogP contribution in [0.2, 0.25) is 0 Å². The average Bonchev–Trinajstić information content (AvgIpc) is 2.44. The third-order valence-corrected chi connectivity index (χ3v) is 4.04. The molecule has 0 atom stereocenters. The van der Waals surface area contributed by atoms with Gasteiger partial charge in [0.05, 0.1) is 26.1 Å². The lowest BCUT2D eigenvalue weighted by Gasteiger charge is -2.36. The van der Waals surface area contributed by atoms with E-state index in [1.165, 1.54) is 14.2 Å². The van der Waals surface area contributed by atoms with E-state index in [1.807, 2.05) is 6.08 Å². The summed E-state index contributed by atoms with van der Waals surface area (Å²) in [5.41, 5.74) is -0.395. The third-order valence-electron chi connectivity index (χ3n) is 4.04. The summed E-state index contributed by atoms with van der Waals surface area (Å²) in [4.78, 5) is 23.0. The number of methoxy groups -OCH3 is 2. The van der Waals surface area contributed by atoms with Crippen LogP contribution in [0.25, 0.3) is 0 Å². The number of hydrogen-bond donors (Lipinski definition) is 0. The van der Waals surface area contributed by atoms with Crippen LogP contribution in [0, 0.1) is 11.3 Å². The molecule has 1 fully saturated rings. The van der Waals surface area contributed by atoms with Crippen LogP contribution >= 0.6 is 0 Å². The molecule has 1 aliphatic rings. The summed E-state index contributed by atoms with van der Waals surface area (Å²) in [6, 6.07) is 0. The number of carbonyl (C=O) groups excluding carboxylic acids is 2. The van der Waals surface area contributed by atoms with Gasteiger partial charge in [-0.15, -0.1) is 0 Å². The Bertz CT molecular complexity index is 338. The highest BCUT2D eigenvalue weighted by Gasteiger charge is 2.40. The van der Waals surface area contributed by atoms with Crippen LogP contribution in [0.1, 0.15) is 45.4 Å². The Hall–Kier alpha value is -1.32. The molecule has 0 saturated heterocycles. The number of carbonyl (C=O) groups is 2. The number of allylic oxidation sites excluding steroid dienone is 1. The number of esters is 2. The Balaban J connectivity index is 2.60. The minimum absolute atomic E-state index is 0.123. The van der Waals surface area contributed by atoms with E-state index in [2.05, 4.69) is 11.7 Å². The molecule has 4 heteroatoms. The van der Waals surface area contributed by atoms with E-state index in [0.717, 1.165) is 25.7 Å². The normalized spacial score (nSPS) is 27.2. The van der Waals surface area contributed by atoms with E-state index >= 15 is 0 Å². The first-order valence-corrected chi connectivity index (χ1v) is 6.84. The standard InChI is InChI=1S/C15H24O4/c1-12-7-10-15(11-8-12,14(17)19-3)9-5-4-6-13(16)18-2/h4-5,12H,6-11H2,1-3H3/b5-4+/t12-,15+. The van der Waals surface area contributed by atoms with Crippen molar-refractivity contribution in [2.24, 2.45) is 11.3 Å². The SMILES string of the molecule is COC(=O)C/C=C/C[C@]1(C(=O)OC)CC[C@@H](C)CC1. The maximum Gasteiger partial charge on any atom is 0.312 e. The summed E-state index contributed by atoms with van der Waals surface area (Å²) in [5, 5.41) is 0. The van der Waals surface area contributed by atoms with Gasteiger partial charge in [-0.25, -0.2) is 0 Å². The van der Waals surface area contributed by atoms with Crippen molar-refractivity contribution in [3.63, 3.8) is 0 Å². The number of hydrogen-bond acceptors (Lipinski definition) is 4. The van der Waals surface area contributed by atoms with E-state index in [4.69, 9.17) is 4.74 Å². The fourth-order valence-corrected chi connectivity index (χ4v) is 2.59. The maximum atomic E-state index is 12.0. The van der Waals surface area contributed by atoms with E-state index < -0.39 is 5.41 Å². The van der Waals surface area contributed by atoms with Crippen LogP contribution in [0.15, 0.2) is 12.2 Å². The fraction of sp³-hybridized carbons (Fsp3) is 0.733. The molecular weight excluding hydrogens is 244 g/mol. The van der Waals surface area contributed by atoms with E-state index in [1.54, 1.807) is 6.08 Å². The van der Waals surface area contributed by atoms with Crippen molar-refractivity contribution in [2.75, 3.05) is 14.2 Å². The minimum atomic E-state index is -0.395. The molecule has 108 valence electrons. The van der Waals surface area contributed by atoms with Crippen molar-refractivity contribution >= 4 is 11.9 Å². The first-order chi connectivity index (χ1) is 9.04. The first-order valence-electron chi connectivity index (χ1n) is 6.84. The van der Waals surface area contributed by atoms with Crippen LogP contribution in [0.5, 0.6) is 0 Å². The highest BCUT2D eigenvalue weighted by atomic mass is 16.5. The van der Waals surface area contributed by atoms with Gasteiger partial charge in [0.2, 0.25) is 0 Å². The molecule has 0 aromatic rings. The molecule has 1 aliphatic carbocycles. The molecule has 1 rings (SSSR count). The highest BCUT2D eigenvalue weighted by molar-refractivity contribution is 5.77. The molecule has 0 aromatic heterocycles. The number of rotatable bonds is 5. The first kappa shape index (κ1) is 15.7. The molecule has 0 unspecified atom stereocenters. The molecule has 4 nitrogen and oxygen atoms in total. The molecule has 0 heterocycles. The zero-order chi connectivity index (χ0) is 14.3. The van der Waals surface area contributed by atoms with Crippen LogP contribution in [0.3, 0.4) is 0 Å². The Kier molecular flexibility index (Phi) is 6.06. The molecule has 0 spiro atoms. The second-order valence-electron chi connectivity index (χ2n) is 5.41. The Morgan fingerprint density at radius 3 is 2.32 bits per heavy atom. The zero-order valence-corrected chi connectivity index (χ0v) is 12.1. The smallest absolute Gasteiger partial charge is 0.312 e. The zero-order valence-electron chi connectivity index (χ0n) is 12.1. The topological polar surface area (TPSA) is 52.6 Å². The lowest BCUT2D eigenvalue weighted by atomic mass is 9.69. The van der Waals surface area contributed by atoms with Crippen molar-refractivity contribution in [1.29, 1.82) is 0 Å². The van der Waals surface area contributed by atoms with E-state index in [0.29, 0.717) is 12.3 Å². The molecule has 1 saturated carbocycles. The summed E-state index contributed by atoms with van der Waals surface area (Å²) < 4.78 is 9.53. The van der Waals surface area contributed by atoms with Gasteiger partial charge in [-0.3, -0.25) is 9.59 Å². The van der Waals surface area contributed by atoms with Gasteiger partial charge in [-0.2, -0.15) is 0 Å². The highest BCUT2D eigenvalue weighted by Crippen LogP contribution is 2.42. The lowest BCUT2D eigenvalue weighted by molar-refractivity contribution is -0.155. The van der Waals surface area contributed by atoms with Gasteiger partial charge in [-0.1, -0.05) is 19.1 Å². The summed E-state index contributed by atoms with van der Waals surface area (Å²) in [6.45, 7) is 2.22. The molecule has 0 aromatic carbocycles. The predicted molar refractivity (Wildman–Crippen MR) is 72.5 cm³/mol. The maximum absolute atomic E-state index is 12.0. The quantitative estimate of drug-likeness (QED) is 0.568. The van der Waals surface area contributed by atoms with Crippen LogP contribution in [-0.2, 0) is 19.1 Å². The summed E-state index contributed by atoms with van der Waals surface area (Å²) in [6.07, 6.45) is 8.42. The van der Waals surface area contributed by atoms with E-state index in [-0.39, 0.29) is 18.4 Å². The summed E-state index contributed by atoms with van der Waals surface area (Å²) in [5.74, 6) is 0.291. The van der Waals surface area contributed by atoms with Crippen molar-refractivity contribution in [1.82, 2.24) is 0 Å². The molecule has 0 N–H and O–H groups in total. The molecule has 0 bridgehead atoms. The Morgan fingerprint density at radius 1 is 1.16 bits per heavy atom. The average molecular weight is 268 g/mol. The van der Waals surface area contributed by atoms with Gasteiger partial charge in [0.25, 0.3) is 0 Å². The van der Waals surface area contributed by atoms with Gasteiger partial charge in [-0.05, 0) is 38.0 Å². The van der Waals surface area contributed by atoms with Gasteiger partial charge in [0.15, 0.2) is 0 Å². The van der Waals surface area contributed by atoms with Crippen LogP contribution in [-0.4, -0.2) is 26.2 Å². The largest absolute Gasteiger partial charge is 0.469 e. The summed E-state index contributed by atoms with van der Waals surface area (Å²) in [7, 11) is 2.81. The van der Waals surface area contributed by atoms with E-state index in [9.17, 15) is 9.59 Å². The second kappa shape index (κ2) is 7.31. The van der Waals surface area contributed by atoms with Gasteiger partial charge < -0.3 is 9.47 Å². The second-order valence-corrected chi connectivity index (χ2v) is 5.41. The predicted octanol–water partition coefficient (Wildman–Crippen LogP) is 2.87. The summed E-state index contributed by atoms with van der Waals surface area (Å²) >= 11 is 0. The van der Waals surface area contributed by atoms with Crippen molar-refractivity contribution in [3.8, 4) is 0 Å². The number of ether oxygens (including phenoxy) is 2. The minimum Gasteiger partial charge on any atom is -0.469 e. The molecular formula is C15H24O4. The molecule has 0 aliphatic heterocycles. The van der Waals surface area contributed by atoms with Gasteiger partial charge >= 0.3 is 11.9 Å². The van der Waals surface area contributed by atoms with Crippen molar-refractivity contribution in [2.45, 2.75) is 45.4 Å². The van der Waals surface area contributed by atoms with Gasteiger partial charge in [0.1, 0.15) is 0 Å². The monoisotopic (exact) mass is 268 g/mol. The molecule has 0 radical (unpaired) electrons. The van der Waals surface area contributed by atoms with Crippen molar-refractivity contribution < 1.29 is 19.1 Å². The lowest BCUT2D eigenvalue weighted by Crippen LogP contribution is -2.35. The fourth-order valence-electron chi connectivity index (χ4n) is 2.59.